The van der Waals surface area contributed by atoms with Crippen LogP contribution in [0.1, 0.15) is 79.1 Å². The molecule has 3 nitrogen and oxygen atoms in total. The highest BCUT2D eigenvalue weighted by Crippen LogP contribution is 2.26. The number of carbonyl (C=O) groups is 1. The van der Waals surface area contributed by atoms with Crippen LogP contribution in [0.3, 0.4) is 0 Å². The molecule has 2 atom stereocenters. The van der Waals surface area contributed by atoms with Crippen molar-refractivity contribution in [1.82, 2.24) is 0 Å². The molecule has 1 N–H and O–H groups in total. The minimum Gasteiger partial charge on any atom is -0.478 e. The summed E-state index contributed by atoms with van der Waals surface area (Å²) in [6.45, 7) is 13.0. The minimum absolute atomic E-state index is 0.188. The molecule has 1 heterocycles. The zero-order chi connectivity index (χ0) is 20.2. The van der Waals surface area contributed by atoms with Gasteiger partial charge in [-0.15, -0.1) is 0 Å². The Hall–Kier alpha value is -1.61. The standard InChI is InChI=1S/C24H38O3/c1-18(2)9-6-10-19(3)11-7-12-20(4)13-8-14-22-15-16-23(27-17-22)21(5)24(25)26/h9,11,13,22-23H,5-8,10,12,14-17H2,1-4H3,(H,25,26)/b19-11+,20-13+/t22-,23+/m1/s1. The summed E-state index contributed by atoms with van der Waals surface area (Å²) in [5.74, 6) is -0.414. The van der Waals surface area contributed by atoms with E-state index in [0.717, 1.165) is 51.4 Å². The normalized spacial score (nSPS) is 21.0. The number of rotatable bonds is 11. The zero-order valence-corrected chi connectivity index (χ0v) is 17.7. The van der Waals surface area contributed by atoms with E-state index in [2.05, 4.69) is 52.5 Å². The summed E-state index contributed by atoms with van der Waals surface area (Å²) in [5, 5.41) is 8.98. The van der Waals surface area contributed by atoms with Gasteiger partial charge in [0.25, 0.3) is 0 Å². The zero-order valence-electron chi connectivity index (χ0n) is 17.7. The summed E-state index contributed by atoms with van der Waals surface area (Å²) in [4.78, 5) is 10.9. The third-order valence-electron chi connectivity index (χ3n) is 5.22. The molecule has 0 aromatic heterocycles. The number of carboxylic acid groups (broad SMARTS) is 1. The summed E-state index contributed by atoms with van der Waals surface area (Å²) >= 11 is 0. The number of hydrogen-bond donors (Lipinski definition) is 1. The van der Waals surface area contributed by atoms with Crippen LogP contribution in [0, 0.1) is 5.92 Å². The molecule has 0 aromatic rings. The van der Waals surface area contributed by atoms with Crippen LogP contribution in [0.2, 0.25) is 0 Å². The van der Waals surface area contributed by atoms with Gasteiger partial charge in [0.15, 0.2) is 0 Å². The number of carboxylic acids is 1. The fraction of sp³-hybridized carbons (Fsp3) is 0.625. The second-order valence-electron chi connectivity index (χ2n) is 8.13. The monoisotopic (exact) mass is 374 g/mol. The van der Waals surface area contributed by atoms with Crippen molar-refractivity contribution in [3.8, 4) is 0 Å². The first-order valence-electron chi connectivity index (χ1n) is 10.3. The summed E-state index contributed by atoms with van der Waals surface area (Å²) in [6.07, 6.45) is 15.3. The summed E-state index contributed by atoms with van der Waals surface area (Å²) < 4.78 is 5.70. The van der Waals surface area contributed by atoms with Crippen LogP contribution in [-0.4, -0.2) is 23.8 Å². The lowest BCUT2D eigenvalue weighted by Crippen LogP contribution is -2.29. The highest BCUT2D eigenvalue weighted by Gasteiger charge is 2.26. The van der Waals surface area contributed by atoms with Crippen molar-refractivity contribution < 1.29 is 14.6 Å². The molecule has 27 heavy (non-hydrogen) atoms. The van der Waals surface area contributed by atoms with Crippen LogP contribution in [0.15, 0.2) is 47.1 Å². The molecule has 0 saturated carbocycles. The molecule has 0 aliphatic carbocycles. The van der Waals surface area contributed by atoms with E-state index in [1.807, 2.05) is 0 Å². The van der Waals surface area contributed by atoms with E-state index in [1.165, 1.54) is 16.7 Å². The van der Waals surface area contributed by atoms with Gasteiger partial charge in [0, 0.05) is 0 Å². The second-order valence-corrected chi connectivity index (χ2v) is 8.13. The van der Waals surface area contributed by atoms with Crippen LogP contribution in [0.5, 0.6) is 0 Å². The van der Waals surface area contributed by atoms with Gasteiger partial charge >= 0.3 is 5.97 Å². The first-order valence-corrected chi connectivity index (χ1v) is 10.3. The maximum Gasteiger partial charge on any atom is 0.333 e. The van der Waals surface area contributed by atoms with Crippen molar-refractivity contribution >= 4 is 5.97 Å². The average molecular weight is 375 g/mol. The molecule has 0 amide bonds. The van der Waals surface area contributed by atoms with Crippen LogP contribution in [0.4, 0.5) is 0 Å². The molecule has 0 unspecified atom stereocenters. The summed E-state index contributed by atoms with van der Waals surface area (Å²) in [6, 6.07) is 0. The van der Waals surface area contributed by atoms with Crippen LogP contribution in [-0.2, 0) is 9.53 Å². The van der Waals surface area contributed by atoms with Gasteiger partial charge in [0.05, 0.1) is 18.3 Å². The van der Waals surface area contributed by atoms with Gasteiger partial charge in [-0.25, -0.2) is 4.79 Å². The van der Waals surface area contributed by atoms with E-state index in [9.17, 15) is 4.79 Å². The van der Waals surface area contributed by atoms with Gasteiger partial charge in [-0.1, -0.05) is 41.5 Å². The number of hydrogen-bond acceptors (Lipinski definition) is 2. The Bertz CT molecular complexity index is 568. The molecule has 3 heteroatoms. The largest absolute Gasteiger partial charge is 0.478 e. The molecule has 1 rings (SSSR count). The molecular weight excluding hydrogens is 336 g/mol. The first kappa shape index (κ1) is 23.4. The van der Waals surface area contributed by atoms with Crippen LogP contribution >= 0.6 is 0 Å². The maximum absolute atomic E-state index is 10.9. The number of ether oxygens (including phenoxy) is 1. The summed E-state index contributed by atoms with van der Waals surface area (Å²) in [7, 11) is 0. The topological polar surface area (TPSA) is 46.5 Å². The molecular formula is C24H38O3. The Morgan fingerprint density at radius 1 is 1.00 bits per heavy atom. The maximum atomic E-state index is 10.9. The van der Waals surface area contributed by atoms with E-state index in [4.69, 9.17) is 9.84 Å². The van der Waals surface area contributed by atoms with Crippen molar-refractivity contribution in [2.75, 3.05) is 6.61 Å². The SMILES string of the molecule is C=C(C(=O)O)[C@@H]1CC[C@@H](CC/C=C(\C)CC/C=C(\C)CCC=C(C)C)CO1. The van der Waals surface area contributed by atoms with Gasteiger partial charge < -0.3 is 9.84 Å². The Balaban J connectivity index is 2.21. The predicted octanol–water partition coefficient (Wildman–Crippen LogP) is 6.62. The quantitative estimate of drug-likeness (QED) is 0.326. The van der Waals surface area contributed by atoms with E-state index >= 15 is 0 Å². The predicted molar refractivity (Wildman–Crippen MR) is 114 cm³/mol. The van der Waals surface area contributed by atoms with Crippen molar-refractivity contribution in [1.29, 1.82) is 0 Å². The first-order chi connectivity index (χ1) is 12.8. The Morgan fingerprint density at radius 3 is 2.11 bits per heavy atom. The molecule has 1 fully saturated rings. The van der Waals surface area contributed by atoms with Gasteiger partial charge in [0.1, 0.15) is 0 Å². The van der Waals surface area contributed by atoms with Crippen LogP contribution in [0.25, 0.3) is 0 Å². The van der Waals surface area contributed by atoms with Crippen LogP contribution < -0.4 is 0 Å². The van der Waals surface area contributed by atoms with Crippen molar-refractivity contribution in [3.05, 3.63) is 47.1 Å². The fourth-order valence-corrected chi connectivity index (χ4v) is 3.35. The molecule has 0 bridgehead atoms. The van der Waals surface area contributed by atoms with Gasteiger partial charge in [-0.05, 0) is 85.0 Å². The smallest absolute Gasteiger partial charge is 0.333 e. The Kier molecular flexibility index (Phi) is 11.0. The lowest BCUT2D eigenvalue weighted by Gasteiger charge is -2.28. The minimum atomic E-state index is -0.946. The average Bonchev–Trinajstić information content (AvgIpc) is 2.61. The third kappa shape index (κ3) is 10.3. The molecule has 0 radical (unpaired) electrons. The number of aliphatic carboxylic acids is 1. The van der Waals surface area contributed by atoms with Gasteiger partial charge in [-0.2, -0.15) is 0 Å². The third-order valence-corrected chi connectivity index (χ3v) is 5.22. The lowest BCUT2D eigenvalue weighted by atomic mass is 9.91. The van der Waals surface area contributed by atoms with E-state index in [0.29, 0.717) is 12.5 Å². The Labute approximate surface area is 165 Å². The van der Waals surface area contributed by atoms with E-state index < -0.39 is 5.97 Å². The fourth-order valence-electron chi connectivity index (χ4n) is 3.35. The highest BCUT2D eigenvalue weighted by molar-refractivity contribution is 5.86. The molecule has 0 spiro atoms. The molecule has 0 aromatic carbocycles. The highest BCUT2D eigenvalue weighted by atomic mass is 16.5. The van der Waals surface area contributed by atoms with Gasteiger partial charge in [-0.3, -0.25) is 0 Å². The molecule has 1 saturated heterocycles. The van der Waals surface area contributed by atoms with Gasteiger partial charge in [0.2, 0.25) is 0 Å². The molecule has 152 valence electrons. The van der Waals surface area contributed by atoms with Crippen molar-refractivity contribution in [2.24, 2.45) is 5.92 Å². The molecule has 1 aliphatic rings. The van der Waals surface area contributed by atoms with E-state index in [-0.39, 0.29) is 11.7 Å². The summed E-state index contributed by atoms with van der Waals surface area (Å²) in [5.41, 5.74) is 4.52. The van der Waals surface area contributed by atoms with Crippen molar-refractivity contribution in [3.63, 3.8) is 0 Å². The lowest BCUT2D eigenvalue weighted by molar-refractivity contribution is -0.134. The van der Waals surface area contributed by atoms with E-state index in [1.54, 1.807) is 0 Å². The Morgan fingerprint density at radius 2 is 1.59 bits per heavy atom. The van der Waals surface area contributed by atoms with Crippen molar-refractivity contribution in [2.45, 2.75) is 85.2 Å². The second kappa shape index (κ2) is 12.7. The number of allylic oxidation sites excluding steroid dienone is 6. The molecule has 1 aliphatic heterocycles.